The topological polar surface area (TPSA) is 69.7 Å². The summed E-state index contributed by atoms with van der Waals surface area (Å²) in [5, 5.41) is 11.4. The van der Waals surface area contributed by atoms with Gasteiger partial charge >= 0.3 is 0 Å². The molecule has 1 saturated carbocycles. The van der Waals surface area contributed by atoms with E-state index in [0.29, 0.717) is 39.1 Å². The van der Waals surface area contributed by atoms with Crippen molar-refractivity contribution >= 4 is 11.9 Å². The van der Waals surface area contributed by atoms with Crippen molar-refractivity contribution in [3.8, 4) is 0 Å². The van der Waals surface area contributed by atoms with Crippen LogP contribution in [-0.2, 0) is 14.3 Å². The Bertz CT molecular complexity index is 387. The summed E-state index contributed by atoms with van der Waals surface area (Å²) < 4.78 is 5.25. The summed E-state index contributed by atoms with van der Waals surface area (Å²) in [7, 11) is 0. The van der Waals surface area contributed by atoms with Crippen molar-refractivity contribution in [2.24, 2.45) is 16.7 Å². The molecule has 2 fully saturated rings. The Labute approximate surface area is 113 Å². The molecule has 5 heteroatoms. The fourth-order valence-corrected chi connectivity index (χ4v) is 3.30. The van der Waals surface area contributed by atoms with Crippen molar-refractivity contribution < 1.29 is 19.4 Å². The first-order valence-corrected chi connectivity index (χ1v) is 6.88. The lowest BCUT2D eigenvalue weighted by atomic mass is 9.65. The second-order valence-electron chi connectivity index (χ2n) is 6.37. The van der Waals surface area contributed by atoms with Crippen LogP contribution in [0.25, 0.3) is 0 Å². The molecule has 2 aliphatic rings. The monoisotopic (exact) mass is 268 g/mol. The van der Waals surface area contributed by atoms with Crippen LogP contribution >= 0.6 is 0 Å². The number of hydrogen-bond acceptors (Lipinski definition) is 4. The van der Waals surface area contributed by atoms with Crippen LogP contribution < -0.4 is 5.11 Å². The number of carbonyl (C=O) groups is 2. The van der Waals surface area contributed by atoms with Crippen LogP contribution in [0.1, 0.15) is 33.6 Å². The molecule has 0 bridgehead atoms. The molecular formula is C14H22NO4-. The van der Waals surface area contributed by atoms with Gasteiger partial charge in [0.05, 0.1) is 13.2 Å². The lowest BCUT2D eigenvalue weighted by Crippen LogP contribution is -2.52. The van der Waals surface area contributed by atoms with Gasteiger partial charge in [0, 0.05) is 30.4 Å². The van der Waals surface area contributed by atoms with Gasteiger partial charge in [-0.3, -0.25) is 4.79 Å². The molecule has 1 amide bonds. The molecule has 1 saturated heterocycles. The average Bonchev–Trinajstić information content (AvgIpc) is 2.62. The van der Waals surface area contributed by atoms with Gasteiger partial charge in [-0.25, -0.2) is 0 Å². The SMILES string of the molecule is CC1(C)[C@@H](C(=O)N2CCOCC2)CC[C@]1(C)C(=O)[O-]. The summed E-state index contributed by atoms with van der Waals surface area (Å²) in [6.07, 6.45) is 1.12. The maximum Gasteiger partial charge on any atom is 0.226 e. The fourth-order valence-electron chi connectivity index (χ4n) is 3.30. The van der Waals surface area contributed by atoms with Crippen LogP contribution in [0, 0.1) is 16.7 Å². The van der Waals surface area contributed by atoms with Crippen LogP contribution in [0.2, 0.25) is 0 Å². The van der Waals surface area contributed by atoms with E-state index in [9.17, 15) is 14.7 Å². The third-order valence-electron chi connectivity index (χ3n) is 5.30. The molecule has 0 spiro atoms. The Kier molecular flexibility index (Phi) is 3.60. The van der Waals surface area contributed by atoms with Crippen LogP contribution in [0.5, 0.6) is 0 Å². The predicted octanol–water partition coefficient (Wildman–Crippen LogP) is 0.0376. The highest BCUT2D eigenvalue weighted by atomic mass is 16.5. The molecule has 0 aromatic heterocycles. The summed E-state index contributed by atoms with van der Waals surface area (Å²) in [5.41, 5.74) is -1.51. The number of carboxylic acid groups (broad SMARTS) is 1. The number of rotatable bonds is 2. The lowest BCUT2D eigenvalue weighted by Gasteiger charge is -2.43. The minimum atomic E-state index is -1.05. The van der Waals surface area contributed by atoms with Crippen LogP contribution in [0.3, 0.4) is 0 Å². The van der Waals surface area contributed by atoms with E-state index in [2.05, 4.69) is 0 Å². The Balaban J connectivity index is 2.17. The number of nitrogens with zero attached hydrogens (tertiary/aromatic N) is 1. The number of aliphatic carboxylic acids is 1. The number of hydrogen-bond donors (Lipinski definition) is 0. The molecule has 1 aliphatic heterocycles. The summed E-state index contributed by atoms with van der Waals surface area (Å²) in [6, 6.07) is 0. The van der Waals surface area contributed by atoms with E-state index in [1.165, 1.54) is 0 Å². The second kappa shape index (κ2) is 4.78. The van der Waals surface area contributed by atoms with E-state index in [1.807, 2.05) is 13.8 Å². The summed E-state index contributed by atoms with van der Waals surface area (Å²) in [5.74, 6) is -1.22. The van der Waals surface area contributed by atoms with E-state index < -0.39 is 16.8 Å². The van der Waals surface area contributed by atoms with Crippen molar-refractivity contribution in [2.75, 3.05) is 26.3 Å². The maximum absolute atomic E-state index is 12.6. The van der Waals surface area contributed by atoms with Crippen LogP contribution in [0.15, 0.2) is 0 Å². The maximum atomic E-state index is 12.6. The predicted molar refractivity (Wildman–Crippen MR) is 67.0 cm³/mol. The Morgan fingerprint density at radius 1 is 1.21 bits per heavy atom. The van der Waals surface area contributed by atoms with Crippen LogP contribution in [0.4, 0.5) is 0 Å². The lowest BCUT2D eigenvalue weighted by molar-refractivity contribution is -0.323. The van der Waals surface area contributed by atoms with E-state index in [-0.39, 0.29) is 11.8 Å². The van der Waals surface area contributed by atoms with Gasteiger partial charge in [-0.05, 0) is 18.3 Å². The zero-order valence-electron chi connectivity index (χ0n) is 11.9. The van der Waals surface area contributed by atoms with Crippen molar-refractivity contribution in [3.63, 3.8) is 0 Å². The van der Waals surface area contributed by atoms with E-state index >= 15 is 0 Å². The Hall–Kier alpha value is -1.10. The minimum Gasteiger partial charge on any atom is -0.550 e. The van der Waals surface area contributed by atoms with Gasteiger partial charge in [0.25, 0.3) is 0 Å². The first kappa shape index (κ1) is 14.3. The van der Waals surface area contributed by atoms with Crippen molar-refractivity contribution in [1.29, 1.82) is 0 Å². The molecular weight excluding hydrogens is 246 g/mol. The number of carbonyl (C=O) groups excluding carboxylic acids is 2. The smallest absolute Gasteiger partial charge is 0.226 e. The van der Waals surface area contributed by atoms with E-state index in [4.69, 9.17) is 4.74 Å². The Morgan fingerprint density at radius 3 is 2.26 bits per heavy atom. The van der Waals surface area contributed by atoms with Gasteiger partial charge in [0.1, 0.15) is 0 Å². The highest BCUT2D eigenvalue weighted by molar-refractivity contribution is 5.83. The molecule has 0 aromatic carbocycles. The Morgan fingerprint density at radius 2 is 1.79 bits per heavy atom. The third kappa shape index (κ3) is 2.14. The van der Waals surface area contributed by atoms with Crippen molar-refractivity contribution in [1.82, 2.24) is 4.90 Å². The fraction of sp³-hybridized carbons (Fsp3) is 0.857. The van der Waals surface area contributed by atoms with Gasteiger partial charge in [0.15, 0.2) is 0 Å². The average molecular weight is 268 g/mol. The summed E-state index contributed by atoms with van der Waals surface area (Å²) in [4.78, 5) is 25.8. The molecule has 0 aromatic rings. The molecule has 1 heterocycles. The van der Waals surface area contributed by atoms with Crippen LogP contribution in [-0.4, -0.2) is 43.1 Å². The molecule has 0 unspecified atom stereocenters. The first-order valence-electron chi connectivity index (χ1n) is 6.88. The molecule has 5 nitrogen and oxygen atoms in total. The third-order valence-corrected chi connectivity index (χ3v) is 5.30. The van der Waals surface area contributed by atoms with Crippen molar-refractivity contribution in [3.05, 3.63) is 0 Å². The molecule has 19 heavy (non-hydrogen) atoms. The largest absolute Gasteiger partial charge is 0.550 e. The number of carboxylic acids is 1. The quantitative estimate of drug-likeness (QED) is 0.709. The molecule has 1 aliphatic carbocycles. The summed E-state index contributed by atoms with van der Waals surface area (Å²) >= 11 is 0. The minimum absolute atomic E-state index is 0.0678. The van der Waals surface area contributed by atoms with Gasteiger partial charge in [-0.1, -0.05) is 20.8 Å². The van der Waals surface area contributed by atoms with Gasteiger partial charge < -0.3 is 19.5 Å². The molecule has 108 valence electrons. The zero-order chi connectivity index (χ0) is 14.3. The zero-order valence-corrected chi connectivity index (χ0v) is 11.9. The second-order valence-corrected chi connectivity index (χ2v) is 6.37. The molecule has 2 atom stereocenters. The van der Waals surface area contributed by atoms with Gasteiger partial charge in [0.2, 0.25) is 5.91 Å². The number of ether oxygens (including phenoxy) is 1. The van der Waals surface area contributed by atoms with E-state index in [1.54, 1.807) is 11.8 Å². The number of morpholine rings is 1. The normalized spacial score (nSPS) is 34.3. The molecule has 0 N–H and O–H groups in total. The molecule has 2 rings (SSSR count). The first-order chi connectivity index (χ1) is 8.80. The standard InChI is InChI=1S/C14H23NO4/c1-13(2)10(4-5-14(13,3)12(17)18)11(16)15-6-8-19-9-7-15/h10H,4-9H2,1-3H3,(H,17,18)/p-1/t10-,14-/m1/s1. The summed E-state index contributed by atoms with van der Waals surface area (Å²) in [6.45, 7) is 7.79. The van der Waals surface area contributed by atoms with Gasteiger partial charge in [-0.15, -0.1) is 0 Å². The number of amides is 1. The van der Waals surface area contributed by atoms with Gasteiger partial charge in [-0.2, -0.15) is 0 Å². The molecule has 0 radical (unpaired) electrons. The highest BCUT2D eigenvalue weighted by Gasteiger charge is 2.55. The van der Waals surface area contributed by atoms with Crippen molar-refractivity contribution in [2.45, 2.75) is 33.6 Å². The highest BCUT2D eigenvalue weighted by Crippen LogP contribution is 2.56. The van der Waals surface area contributed by atoms with E-state index in [0.717, 1.165) is 0 Å².